The number of hydrogen-bond acceptors (Lipinski definition) is 5. The van der Waals surface area contributed by atoms with Gasteiger partial charge in [-0.2, -0.15) is 0 Å². The molecule has 30 heavy (non-hydrogen) atoms. The Labute approximate surface area is 179 Å². The molecule has 0 radical (unpaired) electrons. The largest absolute Gasteiger partial charge is 0.492 e. The summed E-state index contributed by atoms with van der Waals surface area (Å²) < 4.78 is 5.39. The van der Waals surface area contributed by atoms with Crippen LogP contribution in [0.5, 0.6) is 5.75 Å². The number of carbonyl (C=O) groups excluding carboxylic acids is 1. The summed E-state index contributed by atoms with van der Waals surface area (Å²) in [6.45, 7) is 3.26. The molecule has 1 aromatic heterocycles. The predicted molar refractivity (Wildman–Crippen MR) is 114 cm³/mol. The molecule has 168 valence electrons. The Bertz CT molecular complexity index is 649. The number of aliphatic hydroxyl groups is 1. The molecule has 7 heteroatoms. The Kier molecular flexibility index (Phi) is 10.6. The van der Waals surface area contributed by atoms with Gasteiger partial charge >= 0.3 is 5.97 Å². The number of rotatable bonds is 14. The summed E-state index contributed by atoms with van der Waals surface area (Å²) in [5, 5.41) is 19.1. The van der Waals surface area contributed by atoms with E-state index < -0.39 is 12.1 Å². The van der Waals surface area contributed by atoms with Gasteiger partial charge in [-0.15, -0.1) is 0 Å². The first kappa shape index (κ1) is 24.1. The van der Waals surface area contributed by atoms with Crippen molar-refractivity contribution in [3.05, 3.63) is 24.0 Å². The van der Waals surface area contributed by atoms with Crippen molar-refractivity contribution in [2.45, 2.75) is 89.7 Å². The minimum atomic E-state index is -0.750. The van der Waals surface area contributed by atoms with Crippen molar-refractivity contribution in [3.8, 4) is 5.75 Å². The van der Waals surface area contributed by atoms with Gasteiger partial charge in [0.25, 0.3) is 0 Å². The minimum absolute atomic E-state index is 0.188. The van der Waals surface area contributed by atoms with Crippen LogP contribution in [-0.2, 0) is 16.0 Å². The fourth-order valence-electron chi connectivity index (χ4n) is 4.02. The number of aliphatic carboxylic acids is 1. The molecule has 1 aliphatic rings. The molecule has 2 N–H and O–H groups in total. The number of likely N-dealkylation sites (tertiary alicyclic amines) is 1. The molecule has 0 bridgehead atoms. The van der Waals surface area contributed by atoms with Crippen LogP contribution < -0.4 is 4.74 Å². The third-order valence-electron chi connectivity index (χ3n) is 5.62. The standard InChI is InChI=1S/C23H36N2O5/c1-2-30-21-14-11-18(24-17-21)16-20(26)13-12-19-8-7-9-22(27)25(19)15-6-4-3-5-10-23(28)29/h11,14,17,19-20,26H,2-10,12-13,15-16H2,1H3,(H,28,29)/t19-,20?/m1/s1. The lowest BCUT2D eigenvalue weighted by molar-refractivity contribution is -0.137. The van der Waals surface area contributed by atoms with Crippen molar-refractivity contribution in [2.24, 2.45) is 0 Å². The van der Waals surface area contributed by atoms with Gasteiger partial charge in [0.1, 0.15) is 5.75 Å². The monoisotopic (exact) mass is 420 g/mol. The molecule has 1 unspecified atom stereocenters. The summed E-state index contributed by atoms with van der Waals surface area (Å²) in [5.41, 5.74) is 0.837. The number of piperidine rings is 1. The van der Waals surface area contributed by atoms with Crippen LogP contribution in [-0.4, -0.2) is 57.3 Å². The van der Waals surface area contributed by atoms with E-state index in [0.29, 0.717) is 32.3 Å². The Morgan fingerprint density at radius 3 is 2.80 bits per heavy atom. The van der Waals surface area contributed by atoms with E-state index in [2.05, 4.69) is 4.98 Å². The first-order valence-corrected chi connectivity index (χ1v) is 11.3. The van der Waals surface area contributed by atoms with E-state index in [1.807, 2.05) is 24.0 Å². The molecule has 2 heterocycles. The normalized spacial score (nSPS) is 17.7. The van der Waals surface area contributed by atoms with Crippen molar-refractivity contribution in [2.75, 3.05) is 13.2 Å². The third kappa shape index (κ3) is 8.69. The zero-order valence-corrected chi connectivity index (χ0v) is 18.1. The molecule has 2 atom stereocenters. The second-order valence-electron chi connectivity index (χ2n) is 8.04. The number of pyridine rings is 1. The number of aliphatic hydroxyl groups excluding tert-OH is 1. The summed E-state index contributed by atoms with van der Waals surface area (Å²) in [6, 6.07) is 3.94. The molecule has 1 aromatic rings. The third-order valence-corrected chi connectivity index (χ3v) is 5.62. The van der Waals surface area contributed by atoms with Crippen LogP contribution in [0.1, 0.15) is 76.8 Å². The second kappa shape index (κ2) is 13.2. The Hall–Kier alpha value is -2.15. The van der Waals surface area contributed by atoms with E-state index in [0.717, 1.165) is 56.5 Å². The molecule has 0 aromatic carbocycles. The van der Waals surface area contributed by atoms with Crippen molar-refractivity contribution in [3.63, 3.8) is 0 Å². The Morgan fingerprint density at radius 1 is 1.30 bits per heavy atom. The predicted octanol–water partition coefficient (Wildman–Crippen LogP) is 3.58. The minimum Gasteiger partial charge on any atom is -0.492 e. The highest BCUT2D eigenvalue weighted by Gasteiger charge is 2.27. The number of carboxylic acid groups (broad SMARTS) is 1. The number of nitrogens with zero attached hydrogens (tertiary/aromatic N) is 2. The maximum atomic E-state index is 12.4. The van der Waals surface area contributed by atoms with Crippen LogP contribution in [0, 0.1) is 0 Å². The second-order valence-corrected chi connectivity index (χ2v) is 8.04. The van der Waals surface area contributed by atoms with Crippen LogP contribution in [0.4, 0.5) is 0 Å². The average molecular weight is 421 g/mol. The molecule has 2 rings (SSSR count). The number of ether oxygens (including phenoxy) is 1. The summed E-state index contributed by atoms with van der Waals surface area (Å²) in [4.78, 5) is 29.3. The van der Waals surface area contributed by atoms with Crippen molar-refractivity contribution in [1.29, 1.82) is 0 Å². The van der Waals surface area contributed by atoms with E-state index in [4.69, 9.17) is 9.84 Å². The smallest absolute Gasteiger partial charge is 0.303 e. The van der Waals surface area contributed by atoms with Gasteiger partial charge in [0.15, 0.2) is 0 Å². The van der Waals surface area contributed by atoms with Crippen molar-refractivity contribution < 1.29 is 24.5 Å². The summed E-state index contributed by atoms with van der Waals surface area (Å²) in [7, 11) is 0. The van der Waals surface area contributed by atoms with E-state index in [-0.39, 0.29) is 18.4 Å². The SMILES string of the molecule is CCOc1ccc(CC(O)CC[C@H]2CCCC(=O)N2CCCCCCC(=O)O)nc1. The lowest BCUT2D eigenvalue weighted by Gasteiger charge is -2.36. The fourth-order valence-corrected chi connectivity index (χ4v) is 4.02. The van der Waals surface area contributed by atoms with Gasteiger partial charge < -0.3 is 19.8 Å². The van der Waals surface area contributed by atoms with Crippen LogP contribution in [0.3, 0.4) is 0 Å². The van der Waals surface area contributed by atoms with E-state index in [1.165, 1.54) is 0 Å². The molecule has 0 aliphatic carbocycles. The zero-order chi connectivity index (χ0) is 21.8. The first-order valence-electron chi connectivity index (χ1n) is 11.3. The Balaban J connectivity index is 1.73. The molecule has 1 fully saturated rings. The highest BCUT2D eigenvalue weighted by Crippen LogP contribution is 2.24. The molecule has 1 saturated heterocycles. The van der Waals surface area contributed by atoms with Crippen LogP contribution in [0.15, 0.2) is 18.3 Å². The fraction of sp³-hybridized carbons (Fsp3) is 0.696. The van der Waals surface area contributed by atoms with Gasteiger partial charge in [-0.05, 0) is 57.6 Å². The van der Waals surface area contributed by atoms with Gasteiger partial charge in [-0.3, -0.25) is 14.6 Å². The molecule has 1 aliphatic heterocycles. The van der Waals surface area contributed by atoms with Gasteiger partial charge in [-0.25, -0.2) is 0 Å². The van der Waals surface area contributed by atoms with Crippen LogP contribution >= 0.6 is 0 Å². The molecule has 1 amide bonds. The topological polar surface area (TPSA) is 100.0 Å². The van der Waals surface area contributed by atoms with Gasteiger partial charge in [0.2, 0.25) is 5.91 Å². The zero-order valence-electron chi connectivity index (χ0n) is 18.1. The maximum Gasteiger partial charge on any atom is 0.303 e. The van der Waals surface area contributed by atoms with Gasteiger partial charge in [-0.1, -0.05) is 12.8 Å². The highest BCUT2D eigenvalue weighted by atomic mass is 16.5. The quantitative estimate of drug-likeness (QED) is 0.446. The average Bonchev–Trinajstić information content (AvgIpc) is 2.71. The molecular formula is C23H36N2O5. The van der Waals surface area contributed by atoms with E-state index in [9.17, 15) is 14.7 Å². The maximum absolute atomic E-state index is 12.4. The number of carboxylic acids is 1. The lowest BCUT2D eigenvalue weighted by atomic mass is 9.94. The number of amides is 1. The number of carbonyl (C=O) groups is 2. The van der Waals surface area contributed by atoms with Gasteiger partial charge in [0, 0.05) is 37.5 Å². The Morgan fingerprint density at radius 2 is 2.10 bits per heavy atom. The van der Waals surface area contributed by atoms with E-state index >= 15 is 0 Å². The highest BCUT2D eigenvalue weighted by molar-refractivity contribution is 5.77. The van der Waals surface area contributed by atoms with Crippen molar-refractivity contribution >= 4 is 11.9 Å². The van der Waals surface area contributed by atoms with Crippen molar-refractivity contribution in [1.82, 2.24) is 9.88 Å². The summed E-state index contributed by atoms with van der Waals surface area (Å²) >= 11 is 0. The number of aromatic nitrogens is 1. The summed E-state index contributed by atoms with van der Waals surface area (Å²) in [5.74, 6) is 0.190. The van der Waals surface area contributed by atoms with Crippen LogP contribution in [0.25, 0.3) is 0 Å². The number of unbranched alkanes of at least 4 members (excludes halogenated alkanes) is 3. The van der Waals surface area contributed by atoms with E-state index in [1.54, 1.807) is 6.20 Å². The molecule has 0 saturated carbocycles. The number of hydrogen-bond donors (Lipinski definition) is 2. The molecule has 0 spiro atoms. The molecular weight excluding hydrogens is 384 g/mol. The molecule has 7 nitrogen and oxygen atoms in total. The van der Waals surface area contributed by atoms with Crippen LogP contribution in [0.2, 0.25) is 0 Å². The van der Waals surface area contributed by atoms with Gasteiger partial charge in [0.05, 0.1) is 18.9 Å². The first-order chi connectivity index (χ1) is 14.5. The lowest BCUT2D eigenvalue weighted by Crippen LogP contribution is -2.44. The summed E-state index contributed by atoms with van der Waals surface area (Å²) in [6.07, 6.45) is 9.27.